The Kier molecular flexibility index (Phi) is 6.24. The minimum atomic E-state index is -4.53. The largest absolute Gasteiger partial charge is 0.416 e. The molecule has 0 spiro atoms. The van der Waals surface area contributed by atoms with E-state index < -0.39 is 23.1 Å². The van der Waals surface area contributed by atoms with Gasteiger partial charge in [0.2, 0.25) is 5.91 Å². The van der Waals surface area contributed by atoms with Gasteiger partial charge in [-0.05, 0) is 29.8 Å². The predicted octanol–water partition coefficient (Wildman–Crippen LogP) is 3.24. The lowest BCUT2D eigenvalue weighted by Gasteiger charge is -2.08. The Balaban J connectivity index is 1.62. The van der Waals surface area contributed by atoms with Crippen LogP contribution in [0.5, 0.6) is 0 Å². The first-order valence-electron chi connectivity index (χ1n) is 8.87. The second-order valence-corrected chi connectivity index (χ2v) is 6.43. The molecule has 2 N–H and O–H groups in total. The minimum Gasteiger partial charge on any atom is -0.352 e. The molecule has 10 heteroatoms. The highest BCUT2D eigenvalue weighted by atomic mass is 19.4. The molecule has 0 aliphatic carbocycles. The van der Waals surface area contributed by atoms with Crippen molar-refractivity contribution in [2.24, 2.45) is 0 Å². The van der Waals surface area contributed by atoms with E-state index in [0.717, 1.165) is 12.1 Å². The van der Waals surface area contributed by atoms with Crippen molar-refractivity contribution >= 4 is 5.91 Å². The number of aryl methyl sites for hydroxylation is 1. The minimum absolute atomic E-state index is 0.0137. The molecule has 0 radical (unpaired) electrons. The summed E-state index contributed by atoms with van der Waals surface area (Å²) in [4.78, 5) is 26.5. The molecule has 1 amide bonds. The smallest absolute Gasteiger partial charge is 0.352 e. The van der Waals surface area contributed by atoms with E-state index in [0.29, 0.717) is 5.56 Å². The number of carbonyl (C=O) groups excluding carboxylic acids is 1. The molecule has 0 fully saturated rings. The summed E-state index contributed by atoms with van der Waals surface area (Å²) in [5, 5.41) is 10.1. The number of H-pyrrole nitrogens is 1. The molecule has 0 saturated heterocycles. The quantitative estimate of drug-likeness (QED) is 0.600. The molecular formula is C20H16F4N4O2. The van der Waals surface area contributed by atoms with Crippen LogP contribution in [0.3, 0.4) is 0 Å². The van der Waals surface area contributed by atoms with E-state index in [1.165, 1.54) is 30.3 Å². The highest BCUT2D eigenvalue weighted by molar-refractivity contribution is 5.76. The second kappa shape index (κ2) is 8.85. The van der Waals surface area contributed by atoms with Crippen LogP contribution in [0.4, 0.5) is 17.6 Å². The average Bonchev–Trinajstić information content (AvgIpc) is 2.71. The standard InChI is InChI=1S/C20H16F4N4O2/c21-15-6-1-3-12(9-15)11-25-17(29)8-7-16-19(30)26-18(28-27-16)13-4-2-5-14(10-13)20(22,23)24/h1-6,9-10H,7-8,11H2,(H,25,29)(H,26,28,30). The van der Waals surface area contributed by atoms with Crippen LogP contribution in [-0.2, 0) is 23.9 Å². The summed E-state index contributed by atoms with van der Waals surface area (Å²) in [6.07, 6.45) is -4.60. The first-order chi connectivity index (χ1) is 14.2. The fraction of sp³-hybridized carbons (Fsp3) is 0.200. The topological polar surface area (TPSA) is 87.7 Å². The summed E-state index contributed by atoms with van der Waals surface area (Å²) < 4.78 is 51.6. The first kappa shape index (κ1) is 21.2. The lowest BCUT2D eigenvalue weighted by Crippen LogP contribution is -2.25. The average molecular weight is 420 g/mol. The van der Waals surface area contributed by atoms with Gasteiger partial charge in [0, 0.05) is 24.9 Å². The third-order valence-corrected chi connectivity index (χ3v) is 4.20. The maximum atomic E-state index is 13.1. The van der Waals surface area contributed by atoms with Crippen molar-refractivity contribution in [2.45, 2.75) is 25.6 Å². The van der Waals surface area contributed by atoms with E-state index >= 15 is 0 Å². The van der Waals surface area contributed by atoms with Crippen LogP contribution in [0.2, 0.25) is 0 Å². The second-order valence-electron chi connectivity index (χ2n) is 6.43. The van der Waals surface area contributed by atoms with Crippen molar-refractivity contribution in [2.75, 3.05) is 0 Å². The molecule has 2 aromatic carbocycles. The van der Waals surface area contributed by atoms with Gasteiger partial charge in [0.25, 0.3) is 5.56 Å². The van der Waals surface area contributed by atoms with Crippen LogP contribution in [0.1, 0.15) is 23.2 Å². The number of rotatable bonds is 6. The summed E-state index contributed by atoms with van der Waals surface area (Å²) in [6.45, 7) is 0.132. The van der Waals surface area contributed by atoms with Gasteiger partial charge < -0.3 is 10.3 Å². The van der Waals surface area contributed by atoms with Gasteiger partial charge in [-0.3, -0.25) is 9.59 Å². The van der Waals surface area contributed by atoms with Crippen LogP contribution < -0.4 is 10.9 Å². The van der Waals surface area contributed by atoms with Crippen molar-refractivity contribution < 1.29 is 22.4 Å². The van der Waals surface area contributed by atoms with E-state index in [9.17, 15) is 27.2 Å². The Morgan fingerprint density at radius 3 is 2.53 bits per heavy atom. The number of amides is 1. The van der Waals surface area contributed by atoms with Crippen LogP contribution in [-0.4, -0.2) is 21.1 Å². The van der Waals surface area contributed by atoms with Gasteiger partial charge in [-0.1, -0.05) is 24.3 Å². The van der Waals surface area contributed by atoms with Crippen LogP contribution >= 0.6 is 0 Å². The number of aromatic amines is 1. The van der Waals surface area contributed by atoms with Crippen molar-refractivity contribution in [1.82, 2.24) is 20.5 Å². The van der Waals surface area contributed by atoms with Gasteiger partial charge in [0.1, 0.15) is 11.5 Å². The third kappa shape index (κ3) is 5.49. The van der Waals surface area contributed by atoms with Crippen molar-refractivity contribution in [3.05, 3.63) is 81.5 Å². The van der Waals surface area contributed by atoms with Crippen LogP contribution in [0, 0.1) is 5.82 Å². The van der Waals surface area contributed by atoms with E-state index in [2.05, 4.69) is 20.5 Å². The van der Waals surface area contributed by atoms with Crippen molar-refractivity contribution in [3.63, 3.8) is 0 Å². The molecule has 30 heavy (non-hydrogen) atoms. The van der Waals surface area contributed by atoms with Gasteiger partial charge in [0.15, 0.2) is 5.82 Å². The molecule has 1 heterocycles. The highest BCUT2D eigenvalue weighted by Crippen LogP contribution is 2.31. The third-order valence-electron chi connectivity index (χ3n) is 4.20. The molecule has 6 nitrogen and oxygen atoms in total. The molecule has 0 aliphatic rings. The Bertz CT molecular complexity index is 1110. The first-order valence-corrected chi connectivity index (χ1v) is 8.87. The van der Waals surface area contributed by atoms with Gasteiger partial charge >= 0.3 is 6.18 Å². The molecule has 0 atom stereocenters. The highest BCUT2D eigenvalue weighted by Gasteiger charge is 2.30. The number of carbonyl (C=O) groups is 1. The Morgan fingerprint density at radius 2 is 1.83 bits per heavy atom. The van der Waals surface area contributed by atoms with Gasteiger partial charge in [-0.15, -0.1) is 10.2 Å². The number of benzene rings is 2. The van der Waals surface area contributed by atoms with E-state index in [-0.39, 0.29) is 42.4 Å². The predicted molar refractivity (Wildman–Crippen MR) is 99.7 cm³/mol. The molecule has 3 rings (SSSR count). The van der Waals surface area contributed by atoms with E-state index in [1.54, 1.807) is 6.07 Å². The number of halogens is 4. The number of hydrogen-bond donors (Lipinski definition) is 2. The van der Waals surface area contributed by atoms with Crippen molar-refractivity contribution in [3.8, 4) is 11.4 Å². The zero-order chi connectivity index (χ0) is 21.7. The number of alkyl halides is 3. The monoisotopic (exact) mass is 420 g/mol. The van der Waals surface area contributed by atoms with E-state index in [4.69, 9.17) is 0 Å². The molecule has 0 unspecified atom stereocenters. The summed E-state index contributed by atoms with van der Waals surface area (Å²) in [7, 11) is 0. The fourth-order valence-corrected chi connectivity index (χ4v) is 2.66. The molecule has 1 aromatic heterocycles. The Labute approximate surface area is 168 Å². The summed E-state index contributed by atoms with van der Waals surface area (Å²) in [5.41, 5.74) is -0.885. The normalized spacial score (nSPS) is 11.3. The lowest BCUT2D eigenvalue weighted by molar-refractivity contribution is -0.137. The summed E-state index contributed by atoms with van der Waals surface area (Å²) in [6, 6.07) is 10.1. The lowest BCUT2D eigenvalue weighted by atomic mass is 10.1. The maximum absolute atomic E-state index is 13.1. The van der Waals surface area contributed by atoms with E-state index in [1.807, 2.05) is 0 Å². The van der Waals surface area contributed by atoms with Crippen molar-refractivity contribution in [1.29, 1.82) is 0 Å². The number of nitrogens with one attached hydrogen (secondary N) is 2. The summed E-state index contributed by atoms with van der Waals surface area (Å²) >= 11 is 0. The van der Waals surface area contributed by atoms with Crippen LogP contribution in [0.25, 0.3) is 11.4 Å². The van der Waals surface area contributed by atoms with Gasteiger partial charge in [-0.2, -0.15) is 13.2 Å². The molecule has 0 saturated carbocycles. The zero-order valence-electron chi connectivity index (χ0n) is 15.5. The SMILES string of the molecule is O=C(CCc1nnc(-c2cccc(C(F)(F)F)c2)[nH]c1=O)NCc1cccc(F)c1. The Morgan fingerprint density at radius 1 is 1.07 bits per heavy atom. The molecule has 156 valence electrons. The van der Waals surface area contributed by atoms with Gasteiger partial charge in [-0.25, -0.2) is 4.39 Å². The number of hydrogen-bond acceptors (Lipinski definition) is 4. The maximum Gasteiger partial charge on any atom is 0.416 e. The van der Waals surface area contributed by atoms with Crippen LogP contribution in [0.15, 0.2) is 53.3 Å². The number of aromatic nitrogens is 3. The van der Waals surface area contributed by atoms with Gasteiger partial charge in [0.05, 0.1) is 5.56 Å². The summed E-state index contributed by atoms with van der Waals surface area (Å²) in [5.74, 6) is -0.891. The molecule has 0 aliphatic heterocycles. The molecular weight excluding hydrogens is 404 g/mol. The Hall–Kier alpha value is -3.56. The molecule has 0 bridgehead atoms. The number of nitrogens with zero attached hydrogens (tertiary/aromatic N) is 2. The molecule has 3 aromatic rings. The fourth-order valence-electron chi connectivity index (χ4n) is 2.66. The zero-order valence-corrected chi connectivity index (χ0v) is 15.5.